The zero-order chi connectivity index (χ0) is 13.2. The van der Waals surface area contributed by atoms with Crippen LogP contribution in [0.2, 0.25) is 0 Å². The minimum atomic E-state index is 0.273. The van der Waals surface area contributed by atoms with Gasteiger partial charge < -0.3 is 10.6 Å². The van der Waals surface area contributed by atoms with Gasteiger partial charge >= 0.3 is 0 Å². The smallest absolute Gasteiger partial charge is 0.0361 e. The average Bonchev–Trinajstić information content (AvgIpc) is 2.86. The molecule has 18 heavy (non-hydrogen) atoms. The molecule has 2 aliphatic heterocycles. The van der Waals surface area contributed by atoms with Crippen LogP contribution in [0.15, 0.2) is 0 Å². The SMILES string of the molecule is CCC(C)N(CC)C1(CN)CCN2CCCC2C1. The van der Waals surface area contributed by atoms with E-state index in [1.54, 1.807) is 0 Å². The van der Waals surface area contributed by atoms with Crippen LogP contribution < -0.4 is 5.73 Å². The lowest BCUT2D eigenvalue weighted by Gasteiger charge is -2.52. The first-order valence-corrected chi connectivity index (χ1v) is 7.87. The number of piperidine rings is 1. The summed E-state index contributed by atoms with van der Waals surface area (Å²) in [6.45, 7) is 11.5. The van der Waals surface area contributed by atoms with Crippen molar-refractivity contribution in [3.63, 3.8) is 0 Å². The zero-order valence-corrected chi connectivity index (χ0v) is 12.5. The summed E-state index contributed by atoms with van der Waals surface area (Å²) in [5.74, 6) is 0. The van der Waals surface area contributed by atoms with E-state index in [0.717, 1.165) is 19.1 Å². The van der Waals surface area contributed by atoms with Crippen LogP contribution >= 0.6 is 0 Å². The molecule has 3 unspecified atom stereocenters. The van der Waals surface area contributed by atoms with Crippen LogP contribution in [0.1, 0.15) is 52.9 Å². The monoisotopic (exact) mass is 253 g/mol. The highest BCUT2D eigenvalue weighted by molar-refractivity contribution is 5.02. The first-order valence-electron chi connectivity index (χ1n) is 7.87. The quantitative estimate of drug-likeness (QED) is 0.814. The van der Waals surface area contributed by atoms with Gasteiger partial charge in [-0.2, -0.15) is 0 Å². The molecule has 3 atom stereocenters. The van der Waals surface area contributed by atoms with Crippen LogP contribution in [0, 0.1) is 0 Å². The molecular weight excluding hydrogens is 222 g/mol. The van der Waals surface area contributed by atoms with Gasteiger partial charge in [-0.05, 0) is 52.1 Å². The molecule has 0 spiro atoms. The number of likely N-dealkylation sites (N-methyl/N-ethyl adjacent to an activating group) is 1. The molecule has 2 fully saturated rings. The topological polar surface area (TPSA) is 32.5 Å². The maximum Gasteiger partial charge on any atom is 0.0361 e. The summed E-state index contributed by atoms with van der Waals surface area (Å²) >= 11 is 0. The molecule has 3 nitrogen and oxygen atoms in total. The Morgan fingerprint density at radius 3 is 2.78 bits per heavy atom. The minimum Gasteiger partial charge on any atom is -0.329 e. The molecule has 0 radical (unpaired) electrons. The van der Waals surface area contributed by atoms with E-state index in [9.17, 15) is 0 Å². The van der Waals surface area contributed by atoms with Crippen molar-refractivity contribution in [2.45, 2.75) is 70.5 Å². The fourth-order valence-corrected chi connectivity index (χ4v) is 4.21. The highest BCUT2D eigenvalue weighted by Crippen LogP contribution is 2.37. The molecule has 0 aromatic carbocycles. The molecule has 3 heteroatoms. The van der Waals surface area contributed by atoms with Crippen molar-refractivity contribution in [2.24, 2.45) is 5.73 Å². The Bertz CT molecular complexity index is 268. The summed E-state index contributed by atoms with van der Waals surface area (Å²) in [4.78, 5) is 5.39. The number of nitrogens with two attached hydrogens (primary N) is 1. The van der Waals surface area contributed by atoms with Gasteiger partial charge in [-0.1, -0.05) is 13.8 Å². The number of hydrogen-bond donors (Lipinski definition) is 1. The molecule has 2 heterocycles. The average molecular weight is 253 g/mol. The van der Waals surface area contributed by atoms with Gasteiger partial charge in [0.25, 0.3) is 0 Å². The maximum absolute atomic E-state index is 6.23. The Balaban J connectivity index is 2.14. The van der Waals surface area contributed by atoms with Crippen LogP contribution in [0.4, 0.5) is 0 Å². The molecule has 0 aromatic heterocycles. The number of nitrogens with zero attached hydrogens (tertiary/aromatic N) is 2. The van der Waals surface area contributed by atoms with Crippen LogP contribution in [0.5, 0.6) is 0 Å². The van der Waals surface area contributed by atoms with Gasteiger partial charge in [0.15, 0.2) is 0 Å². The molecule has 0 bridgehead atoms. The second-order valence-corrected chi connectivity index (χ2v) is 6.26. The molecular formula is C15H31N3. The molecule has 2 rings (SSSR count). The molecule has 0 aromatic rings. The van der Waals surface area contributed by atoms with Gasteiger partial charge in [-0.15, -0.1) is 0 Å². The van der Waals surface area contributed by atoms with Crippen molar-refractivity contribution >= 4 is 0 Å². The number of hydrogen-bond acceptors (Lipinski definition) is 3. The van der Waals surface area contributed by atoms with E-state index in [0.29, 0.717) is 6.04 Å². The van der Waals surface area contributed by atoms with E-state index in [-0.39, 0.29) is 5.54 Å². The minimum absolute atomic E-state index is 0.273. The number of rotatable bonds is 5. The third kappa shape index (κ3) is 2.45. The van der Waals surface area contributed by atoms with Crippen molar-refractivity contribution < 1.29 is 0 Å². The Morgan fingerprint density at radius 1 is 1.39 bits per heavy atom. The van der Waals surface area contributed by atoms with Crippen molar-refractivity contribution in [2.75, 3.05) is 26.2 Å². The molecule has 0 saturated carbocycles. The van der Waals surface area contributed by atoms with E-state index < -0.39 is 0 Å². The molecule has 2 saturated heterocycles. The standard InChI is InChI=1S/C15H31N3/c1-4-13(3)18(5-2)15(12-16)8-10-17-9-6-7-14(17)11-15/h13-14H,4-12,16H2,1-3H3. The third-order valence-corrected chi connectivity index (χ3v) is 5.43. The lowest BCUT2D eigenvalue weighted by Crippen LogP contribution is -2.63. The highest BCUT2D eigenvalue weighted by atomic mass is 15.3. The largest absolute Gasteiger partial charge is 0.329 e. The normalized spacial score (nSPS) is 34.8. The van der Waals surface area contributed by atoms with E-state index in [4.69, 9.17) is 5.73 Å². The zero-order valence-electron chi connectivity index (χ0n) is 12.5. The summed E-state index contributed by atoms with van der Waals surface area (Å²) < 4.78 is 0. The summed E-state index contributed by atoms with van der Waals surface area (Å²) in [6, 6.07) is 1.46. The first kappa shape index (κ1) is 14.3. The lowest BCUT2D eigenvalue weighted by atomic mass is 9.80. The number of fused-ring (bicyclic) bond motifs is 1. The van der Waals surface area contributed by atoms with Crippen LogP contribution in [-0.4, -0.2) is 53.6 Å². The van der Waals surface area contributed by atoms with Gasteiger partial charge in [0, 0.05) is 30.7 Å². The van der Waals surface area contributed by atoms with E-state index in [1.165, 1.54) is 45.2 Å². The van der Waals surface area contributed by atoms with Gasteiger partial charge in [0.1, 0.15) is 0 Å². The van der Waals surface area contributed by atoms with Crippen LogP contribution in [-0.2, 0) is 0 Å². The Morgan fingerprint density at radius 2 is 2.17 bits per heavy atom. The van der Waals surface area contributed by atoms with E-state index in [1.807, 2.05) is 0 Å². The fraction of sp³-hybridized carbons (Fsp3) is 1.00. The fourth-order valence-electron chi connectivity index (χ4n) is 4.21. The first-order chi connectivity index (χ1) is 8.66. The van der Waals surface area contributed by atoms with E-state index >= 15 is 0 Å². The third-order valence-electron chi connectivity index (χ3n) is 5.43. The van der Waals surface area contributed by atoms with E-state index in [2.05, 4.69) is 30.6 Å². The van der Waals surface area contributed by atoms with Crippen molar-refractivity contribution in [3.8, 4) is 0 Å². The van der Waals surface area contributed by atoms with Crippen LogP contribution in [0.25, 0.3) is 0 Å². The second kappa shape index (κ2) is 5.89. The molecule has 106 valence electrons. The van der Waals surface area contributed by atoms with Crippen molar-refractivity contribution in [3.05, 3.63) is 0 Å². The predicted octanol–water partition coefficient (Wildman–Crippen LogP) is 2.06. The van der Waals surface area contributed by atoms with Gasteiger partial charge in [0.2, 0.25) is 0 Å². The summed E-state index contributed by atoms with van der Waals surface area (Å²) in [7, 11) is 0. The summed E-state index contributed by atoms with van der Waals surface area (Å²) in [5.41, 5.74) is 6.50. The lowest BCUT2D eigenvalue weighted by molar-refractivity contribution is -0.0102. The Hall–Kier alpha value is -0.120. The second-order valence-electron chi connectivity index (χ2n) is 6.26. The van der Waals surface area contributed by atoms with Crippen molar-refractivity contribution in [1.82, 2.24) is 9.80 Å². The molecule has 0 amide bonds. The Kier molecular flexibility index (Phi) is 4.68. The van der Waals surface area contributed by atoms with Crippen molar-refractivity contribution in [1.29, 1.82) is 0 Å². The summed E-state index contributed by atoms with van der Waals surface area (Å²) in [5, 5.41) is 0. The molecule has 2 N–H and O–H groups in total. The van der Waals surface area contributed by atoms with Gasteiger partial charge in [-0.3, -0.25) is 4.90 Å². The van der Waals surface area contributed by atoms with Crippen LogP contribution in [0.3, 0.4) is 0 Å². The summed E-state index contributed by atoms with van der Waals surface area (Å²) in [6.07, 6.45) is 6.56. The van der Waals surface area contributed by atoms with Gasteiger partial charge in [-0.25, -0.2) is 0 Å². The predicted molar refractivity (Wildman–Crippen MR) is 77.7 cm³/mol. The highest BCUT2D eigenvalue weighted by Gasteiger charge is 2.44. The van der Waals surface area contributed by atoms with Gasteiger partial charge in [0.05, 0.1) is 0 Å². The molecule has 2 aliphatic rings. The molecule has 0 aliphatic carbocycles. The Labute approximate surface area is 113 Å². The maximum atomic E-state index is 6.23.